The van der Waals surface area contributed by atoms with Gasteiger partial charge in [-0.1, -0.05) is 50.2 Å². The maximum Gasteiger partial charge on any atom is 0.416 e. The lowest BCUT2D eigenvalue weighted by molar-refractivity contribution is -0.137. The second kappa shape index (κ2) is 6.49. The SMILES string of the molecule is CC1(C)CC(=O)C2=C(C1)N=C1c3ccccc3C(=O)[C@@H]1[C@@H]2c1ccc(C(F)(F)F)cc1. The largest absolute Gasteiger partial charge is 0.416 e. The molecular formula is C25H20F3NO2. The fourth-order valence-corrected chi connectivity index (χ4v) is 5.12. The first-order valence-corrected chi connectivity index (χ1v) is 10.2. The fourth-order valence-electron chi connectivity index (χ4n) is 5.12. The Hall–Kier alpha value is -3.02. The van der Waals surface area contributed by atoms with E-state index in [2.05, 4.69) is 0 Å². The van der Waals surface area contributed by atoms with Gasteiger partial charge < -0.3 is 0 Å². The number of allylic oxidation sites excluding steroid dienone is 2. The van der Waals surface area contributed by atoms with Crippen molar-refractivity contribution in [1.82, 2.24) is 0 Å². The van der Waals surface area contributed by atoms with Crippen LogP contribution in [0.2, 0.25) is 0 Å². The van der Waals surface area contributed by atoms with Crippen LogP contribution in [0.1, 0.15) is 59.7 Å². The van der Waals surface area contributed by atoms with E-state index in [-0.39, 0.29) is 17.0 Å². The van der Waals surface area contributed by atoms with Gasteiger partial charge >= 0.3 is 6.18 Å². The first-order valence-electron chi connectivity index (χ1n) is 10.2. The Balaban J connectivity index is 1.71. The highest BCUT2D eigenvalue weighted by Crippen LogP contribution is 2.51. The monoisotopic (exact) mass is 423 g/mol. The summed E-state index contributed by atoms with van der Waals surface area (Å²) in [5, 5.41) is 0. The molecule has 0 unspecified atom stereocenters. The van der Waals surface area contributed by atoms with Crippen molar-refractivity contribution in [3.63, 3.8) is 0 Å². The Morgan fingerprint density at radius 3 is 2.19 bits per heavy atom. The summed E-state index contributed by atoms with van der Waals surface area (Å²) >= 11 is 0. The summed E-state index contributed by atoms with van der Waals surface area (Å²) in [6.45, 7) is 4.00. The Labute approximate surface area is 177 Å². The van der Waals surface area contributed by atoms with Gasteiger partial charge in [-0.05, 0) is 29.5 Å². The van der Waals surface area contributed by atoms with Crippen molar-refractivity contribution < 1.29 is 22.8 Å². The number of carbonyl (C=O) groups excluding carboxylic acids is 2. The fraction of sp³-hybridized carbons (Fsp3) is 0.320. The van der Waals surface area contributed by atoms with Crippen LogP contribution >= 0.6 is 0 Å². The van der Waals surface area contributed by atoms with E-state index in [0.717, 1.165) is 17.7 Å². The minimum absolute atomic E-state index is 0.0808. The van der Waals surface area contributed by atoms with Gasteiger partial charge in [0.2, 0.25) is 0 Å². The number of alkyl halides is 3. The Bertz CT molecular complexity index is 1190. The molecule has 158 valence electrons. The first-order chi connectivity index (χ1) is 14.6. The number of halogens is 3. The molecule has 2 atom stereocenters. The minimum atomic E-state index is -4.45. The summed E-state index contributed by atoms with van der Waals surface area (Å²) in [5.74, 6) is -1.54. The molecule has 1 aliphatic heterocycles. The molecule has 5 rings (SSSR count). The average molecular weight is 423 g/mol. The van der Waals surface area contributed by atoms with Crippen LogP contribution in [-0.2, 0) is 11.0 Å². The van der Waals surface area contributed by atoms with E-state index in [4.69, 9.17) is 4.99 Å². The smallest absolute Gasteiger partial charge is 0.294 e. The maximum absolute atomic E-state index is 13.4. The predicted octanol–water partition coefficient (Wildman–Crippen LogP) is 5.75. The number of benzene rings is 2. The lowest BCUT2D eigenvalue weighted by atomic mass is 9.66. The van der Waals surface area contributed by atoms with Crippen LogP contribution in [0.25, 0.3) is 0 Å². The number of carbonyl (C=O) groups is 2. The highest BCUT2D eigenvalue weighted by molar-refractivity contribution is 6.30. The summed E-state index contributed by atoms with van der Waals surface area (Å²) in [7, 11) is 0. The molecule has 3 nitrogen and oxygen atoms in total. The van der Waals surface area contributed by atoms with Crippen LogP contribution < -0.4 is 0 Å². The molecular weight excluding hydrogens is 403 g/mol. The van der Waals surface area contributed by atoms with Gasteiger partial charge in [0.1, 0.15) is 0 Å². The highest BCUT2D eigenvalue weighted by atomic mass is 19.4. The third-order valence-electron chi connectivity index (χ3n) is 6.44. The third kappa shape index (κ3) is 3.08. The van der Waals surface area contributed by atoms with Gasteiger partial charge in [0, 0.05) is 34.7 Å². The molecule has 2 aromatic carbocycles. The lowest BCUT2D eigenvalue weighted by Crippen LogP contribution is -2.37. The van der Waals surface area contributed by atoms with Crippen molar-refractivity contribution in [2.24, 2.45) is 16.3 Å². The van der Waals surface area contributed by atoms with Crippen molar-refractivity contribution in [2.75, 3.05) is 0 Å². The van der Waals surface area contributed by atoms with Gasteiger partial charge in [-0.15, -0.1) is 0 Å². The molecule has 0 spiro atoms. The number of nitrogens with zero attached hydrogens (tertiary/aromatic N) is 1. The summed E-state index contributed by atoms with van der Waals surface area (Å²) < 4.78 is 39.3. The quantitative estimate of drug-likeness (QED) is 0.587. The van der Waals surface area contributed by atoms with Crippen LogP contribution in [0.5, 0.6) is 0 Å². The maximum atomic E-state index is 13.4. The molecule has 6 heteroatoms. The molecule has 2 aliphatic carbocycles. The summed E-state index contributed by atoms with van der Waals surface area (Å²) in [4.78, 5) is 31.4. The number of fused-ring (bicyclic) bond motifs is 3. The molecule has 0 saturated carbocycles. The second-order valence-corrected chi connectivity index (χ2v) is 9.28. The summed E-state index contributed by atoms with van der Waals surface area (Å²) in [6.07, 6.45) is -3.55. The van der Waals surface area contributed by atoms with Crippen molar-refractivity contribution in [3.05, 3.63) is 82.1 Å². The topological polar surface area (TPSA) is 46.5 Å². The van der Waals surface area contributed by atoms with Gasteiger partial charge in [0.15, 0.2) is 11.6 Å². The lowest BCUT2D eigenvalue weighted by Gasteiger charge is -2.38. The average Bonchev–Trinajstić information content (AvgIpc) is 2.97. The molecule has 0 N–H and O–H groups in total. The zero-order chi connectivity index (χ0) is 22.1. The molecule has 0 saturated heterocycles. The number of Topliss-reactive ketones (excluding diaryl/α,β-unsaturated/α-hetero) is 2. The van der Waals surface area contributed by atoms with Crippen LogP contribution in [0.3, 0.4) is 0 Å². The summed E-state index contributed by atoms with van der Waals surface area (Å²) in [6, 6.07) is 12.0. The standard InChI is InChI=1S/C25H20F3NO2/c1-24(2)11-17-20(18(30)12-24)19(13-7-9-14(10-8-13)25(26,27)28)21-22(29-17)15-5-3-4-6-16(15)23(21)31/h3-10,19,21H,11-12H2,1-2H3/t19-,21-/m1/s1. The van der Waals surface area contributed by atoms with E-state index < -0.39 is 23.6 Å². The van der Waals surface area contributed by atoms with Gasteiger partial charge in [-0.2, -0.15) is 13.2 Å². The molecule has 0 aromatic heterocycles. The predicted molar refractivity (Wildman–Crippen MR) is 110 cm³/mol. The molecule has 2 aromatic rings. The van der Waals surface area contributed by atoms with Gasteiger partial charge in [-0.25, -0.2) is 0 Å². The van der Waals surface area contributed by atoms with Crippen molar-refractivity contribution in [1.29, 1.82) is 0 Å². The number of hydrogen-bond acceptors (Lipinski definition) is 3. The summed E-state index contributed by atoms with van der Waals surface area (Å²) in [5.41, 5.74) is 2.57. The number of rotatable bonds is 1. The Morgan fingerprint density at radius 1 is 0.903 bits per heavy atom. The van der Waals surface area contributed by atoms with Crippen LogP contribution in [0.15, 0.2) is 64.8 Å². The Morgan fingerprint density at radius 2 is 1.55 bits per heavy atom. The zero-order valence-electron chi connectivity index (χ0n) is 17.1. The van der Waals surface area contributed by atoms with E-state index in [1.165, 1.54) is 12.1 Å². The second-order valence-electron chi connectivity index (χ2n) is 9.28. The van der Waals surface area contributed by atoms with Crippen molar-refractivity contribution in [3.8, 4) is 0 Å². The van der Waals surface area contributed by atoms with Crippen LogP contribution in [-0.4, -0.2) is 17.3 Å². The van der Waals surface area contributed by atoms with Gasteiger partial charge in [-0.3, -0.25) is 14.6 Å². The molecule has 3 aliphatic rings. The van der Waals surface area contributed by atoms with E-state index in [9.17, 15) is 22.8 Å². The van der Waals surface area contributed by atoms with Crippen LogP contribution in [0, 0.1) is 11.3 Å². The van der Waals surface area contributed by atoms with E-state index >= 15 is 0 Å². The number of ketones is 2. The molecule has 0 radical (unpaired) electrons. The normalized spacial score (nSPS) is 24.5. The Kier molecular flexibility index (Phi) is 4.17. The molecule has 0 amide bonds. The van der Waals surface area contributed by atoms with E-state index in [1.54, 1.807) is 12.1 Å². The molecule has 0 fully saturated rings. The third-order valence-corrected chi connectivity index (χ3v) is 6.44. The number of hydrogen-bond donors (Lipinski definition) is 0. The molecule has 31 heavy (non-hydrogen) atoms. The highest BCUT2D eigenvalue weighted by Gasteiger charge is 2.50. The van der Waals surface area contributed by atoms with Crippen LogP contribution in [0.4, 0.5) is 13.2 Å². The van der Waals surface area contributed by atoms with Gasteiger partial charge in [0.25, 0.3) is 0 Å². The molecule has 1 heterocycles. The first kappa shape index (κ1) is 19.9. The van der Waals surface area contributed by atoms with E-state index in [0.29, 0.717) is 41.0 Å². The zero-order valence-corrected chi connectivity index (χ0v) is 17.1. The van der Waals surface area contributed by atoms with Gasteiger partial charge in [0.05, 0.1) is 17.2 Å². The minimum Gasteiger partial charge on any atom is -0.294 e. The molecule has 0 bridgehead atoms. The van der Waals surface area contributed by atoms with E-state index in [1.807, 2.05) is 26.0 Å². The van der Waals surface area contributed by atoms with Crippen molar-refractivity contribution >= 4 is 17.3 Å². The van der Waals surface area contributed by atoms with Crippen molar-refractivity contribution in [2.45, 2.75) is 38.8 Å². The number of aliphatic imine (C=N–C) groups is 1.